The normalized spacial score (nSPS) is 15.1. The molecule has 0 atom stereocenters. The Morgan fingerprint density at radius 3 is 3.00 bits per heavy atom. The largest absolute Gasteiger partial charge is 0.443 e. The van der Waals surface area contributed by atoms with E-state index < -0.39 is 0 Å². The molecule has 5 nitrogen and oxygen atoms in total. The zero-order valence-electron chi connectivity index (χ0n) is 10.3. The Bertz CT molecular complexity index is 660. The summed E-state index contributed by atoms with van der Waals surface area (Å²) in [6.07, 6.45) is 1.36. The van der Waals surface area contributed by atoms with Gasteiger partial charge in [0.1, 0.15) is 5.52 Å². The number of carbonyl (C=O) groups is 1. The van der Waals surface area contributed by atoms with Crippen LogP contribution in [0.4, 0.5) is 0 Å². The summed E-state index contributed by atoms with van der Waals surface area (Å²) < 4.78 is 10.4. The highest BCUT2D eigenvalue weighted by molar-refractivity contribution is 6.10. The van der Waals surface area contributed by atoms with Crippen LogP contribution in [0.1, 0.15) is 10.4 Å². The Morgan fingerprint density at radius 1 is 1.32 bits per heavy atom. The predicted octanol–water partition coefficient (Wildman–Crippen LogP) is 1.30. The van der Waals surface area contributed by atoms with Gasteiger partial charge in [-0.25, -0.2) is 4.98 Å². The van der Waals surface area contributed by atoms with Gasteiger partial charge in [-0.15, -0.1) is 0 Å². The first-order chi connectivity index (χ1) is 9.33. The van der Waals surface area contributed by atoms with Gasteiger partial charge < -0.3 is 14.1 Å². The van der Waals surface area contributed by atoms with Crippen molar-refractivity contribution in [3.05, 3.63) is 30.2 Å². The number of morpholine rings is 1. The van der Waals surface area contributed by atoms with E-state index in [0.29, 0.717) is 24.4 Å². The molecule has 0 N–H and O–H groups in total. The van der Waals surface area contributed by atoms with Crippen LogP contribution in [0.15, 0.2) is 29.0 Å². The summed E-state index contributed by atoms with van der Waals surface area (Å²) >= 11 is 0. The Labute approximate surface area is 110 Å². The minimum atomic E-state index is -0.218. The van der Waals surface area contributed by atoms with E-state index in [-0.39, 0.29) is 5.78 Å². The van der Waals surface area contributed by atoms with E-state index in [0.717, 1.165) is 18.6 Å². The van der Waals surface area contributed by atoms with Crippen LogP contribution in [0.2, 0.25) is 0 Å². The number of carbonyl (C=O) groups excluding carboxylic acids is 1. The van der Waals surface area contributed by atoms with Crippen molar-refractivity contribution in [2.45, 2.75) is 0 Å². The van der Waals surface area contributed by atoms with Gasteiger partial charge in [0, 0.05) is 24.7 Å². The van der Waals surface area contributed by atoms with Crippen molar-refractivity contribution in [3.8, 4) is 12.0 Å². The lowest BCUT2D eigenvalue weighted by Crippen LogP contribution is -2.32. The van der Waals surface area contributed by atoms with Crippen molar-refractivity contribution in [1.29, 1.82) is 0 Å². The maximum absolute atomic E-state index is 12.0. The van der Waals surface area contributed by atoms with Crippen molar-refractivity contribution in [1.82, 2.24) is 9.88 Å². The van der Waals surface area contributed by atoms with Crippen molar-refractivity contribution < 1.29 is 13.9 Å². The van der Waals surface area contributed by atoms with Gasteiger partial charge in [-0.3, -0.25) is 4.79 Å². The highest BCUT2D eigenvalue weighted by Crippen LogP contribution is 2.14. The van der Waals surface area contributed by atoms with Gasteiger partial charge in [0.25, 0.3) is 0 Å². The second kappa shape index (κ2) is 5.12. The lowest BCUT2D eigenvalue weighted by Gasteiger charge is -2.22. The van der Waals surface area contributed by atoms with Gasteiger partial charge in [0.05, 0.1) is 13.2 Å². The predicted molar refractivity (Wildman–Crippen MR) is 68.5 cm³/mol. The Morgan fingerprint density at radius 2 is 2.16 bits per heavy atom. The number of nitrogens with zero attached hydrogens (tertiary/aromatic N) is 2. The van der Waals surface area contributed by atoms with Gasteiger partial charge in [-0.2, -0.15) is 0 Å². The first kappa shape index (κ1) is 11.8. The molecule has 1 saturated heterocycles. The summed E-state index contributed by atoms with van der Waals surface area (Å²) in [5.41, 5.74) is 1.85. The molecule has 0 unspecified atom stereocenters. The van der Waals surface area contributed by atoms with Crippen LogP contribution < -0.4 is 0 Å². The third-order valence-corrected chi connectivity index (χ3v) is 2.93. The van der Waals surface area contributed by atoms with Crippen LogP contribution in [0.3, 0.4) is 0 Å². The molecule has 1 fully saturated rings. The highest BCUT2D eigenvalue weighted by Gasteiger charge is 2.08. The fraction of sp³-hybridized carbons (Fsp3) is 0.286. The molecule has 19 heavy (non-hydrogen) atoms. The molecule has 3 rings (SSSR count). The van der Waals surface area contributed by atoms with Gasteiger partial charge in [-0.1, -0.05) is 0 Å². The highest BCUT2D eigenvalue weighted by atomic mass is 16.5. The monoisotopic (exact) mass is 256 g/mol. The Kier molecular flexibility index (Phi) is 3.17. The lowest BCUT2D eigenvalue weighted by molar-refractivity contribution is 0.0637. The maximum atomic E-state index is 12.0. The van der Waals surface area contributed by atoms with E-state index in [1.54, 1.807) is 18.2 Å². The van der Waals surface area contributed by atoms with E-state index in [4.69, 9.17) is 9.15 Å². The molecule has 1 aliphatic rings. The average molecular weight is 256 g/mol. The molecule has 0 aliphatic carbocycles. The fourth-order valence-corrected chi connectivity index (χ4v) is 1.87. The van der Waals surface area contributed by atoms with Gasteiger partial charge >= 0.3 is 0 Å². The molecule has 1 aliphatic heterocycles. The third-order valence-electron chi connectivity index (χ3n) is 2.93. The second-order valence-electron chi connectivity index (χ2n) is 4.20. The zero-order valence-corrected chi connectivity index (χ0v) is 10.3. The van der Waals surface area contributed by atoms with E-state index in [2.05, 4.69) is 16.9 Å². The number of Topliss-reactive ketones (excluding diaryl/α,β-unsaturated/α-hetero) is 1. The van der Waals surface area contributed by atoms with Crippen molar-refractivity contribution in [2.75, 3.05) is 26.3 Å². The van der Waals surface area contributed by atoms with Gasteiger partial charge in [0.2, 0.25) is 5.78 Å². The van der Waals surface area contributed by atoms with Gasteiger partial charge in [0.15, 0.2) is 12.0 Å². The number of aromatic nitrogens is 1. The number of ketones is 1. The third kappa shape index (κ3) is 2.59. The fourth-order valence-electron chi connectivity index (χ4n) is 1.87. The van der Waals surface area contributed by atoms with Crippen molar-refractivity contribution >= 4 is 16.9 Å². The maximum Gasteiger partial charge on any atom is 0.237 e. The molecular formula is C14H12N2O3. The molecule has 2 heterocycles. The molecule has 0 radical (unpaired) electrons. The second-order valence-corrected chi connectivity index (χ2v) is 4.20. The number of rotatable bonds is 1. The minimum absolute atomic E-state index is 0.218. The average Bonchev–Trinajstić information content (AvgIpc) is 2.93. The molecule has 5 heteroatoms. The van der Waals surface area contributed by atoms with Crippen LogP contribution in [0.25, 0.3) is 11.1 Å². The molecule has 1 aromatic heterocycles. The summed E-state index contributed by atoms with van der Waals surface area (Å²) in [5, 5.41) is 0. The minimum Gasteiger partial charge on any atom is -0.443 e. The summed E-state index contributed by atoms with van der Waals surface area (Å²) in [7, 11) is 0. The van der Waals surface area contributed by atoms with Gasteiger partial charge in [-0.05, 0) is 24.1 Å². The van der Waals surface area contributed by atoms with Crippen LogP contribution in [0.5, 0.6) is 0 Å². The molecule has 0 saturated carbocycles. The van der Waals surface area contributed by atoms with Crippen molar-refractivity contribution in [2.24, 2.45) is 0 Å². The number of hydrogen-bond acceptors (Lipinski definition) is 5. The number of ether oxygens (including phenoxy) is 1. The zero-order chi connectivity index (χ0) is 13.1. The summed E-state index contributed by atoms with van der Waals surface area (Å²) in [6, 6.07) is 8.00. The first-order valence-corrected chi connectivity index (χ1v) is 6.05. The van der Waals surface area contributed by atoms with E-state index in [9.17, 15) is 4.79 Å². The molecule has 0 bridgehead atoms. The molecule has 96 valence electrons. The quantitative estimate of drug-likeness (QED) is 0.568. The first-order valence-electron chi connectivity index (χ1n) is 6.05. The lowest BCUT2D eigenvalue weighted by atomic mass is 10.1. The summed E-state index contributed by atoms with van der Waals surface area (Å²) in [6.45, 7) is 2.79. The number of hydrogen-bond donors (Lipinski definition) is 0. The van der Waals surface area contributed by atoms with Crippen molar-refractivity contribution in [3.63, 3.8) is 0 Å². The van der Waals surface area contributed by atoms with E-state index in [1.807, 2.05) is 4.90 Å². The number of fused-ring (bicyclic) bond motifs is 1. The summed E-state index contributed by atoms with van der Waals surface area (Å²) in [4.78, 5) is 17.9. The standard InChI is InChI=1S/C14H12N2O3/c17-13(3-4-16-5-7-18-8-6-16)11-1-2-12-14(9-11)19-10-15-12/h1-2,9-10H,5-8H2. The molecular weight excluding hydrogens is 244 g/mol. The van der Waals surface area contributed by atoms with Crippen LogP contribution >= 0.6 is 0 Å². The smallest absolute Gasteiger partial charge is 0.237 e. The molecule has 0 amide bonds. The SMILES string of the molecule is O=C(C#CN1CCOCC1)c1ccc2ncoc2c1. The Balaban J connectivity index is 1.77. The Hall–Kier alpha value is -2.32. The van der Waals surface area contributed by atoms with Crippen LogP contribution in [-0.4, -0.2) is 42.0 Å². The van der Waals surface area contributed by atoms with E-state index >= 15 is 0 Å². The topological polar surface area (TPSA) is 55.6 Å². The van der Waals surface area contributed by atoms with E-state index in [1.165, 1.54) is 6.39 Å². The summed E-state index contributed by atoms with van der Waals surface area (Å²) in [5.74, 6) is 2.43. The van der Waals surface area contributed by atoms with Crippen LogP contribution in [-0.2, 0) is 4.74 Å². The number of oxazole rings is 1. The molecule has 1 aromatic carbocycles. The molecule has 0 spiro atoms. The molecule has 2 aromatic rings. The number of benzene rings is 1. The van der Waals surface area contributed by atoms with Crippen LogP contribution in [0, 0.1) is 12.0 Å².